The van der Waals surface area contributed by atoms with Gasteiger partial charge in [0.1, 0.15) is 5.75 Å². The van der Waals surface area contributed by atoms with Crippen LogP contribution in [0, 0.1) is 17.0 Å². The molecular weight excluding hydrogens is 286 g/mol. The van der Waals surface area contributed by atoms with Crippen LogP contribution in [0.25, 0.3) is 0 Å². The number of methoxy groups -OCH3 is 1. The molecule has 22 heavy (non-hydrogen) atoms. The summed E-state index contributed by atoms with van der Waals surface area (Å²) < 4.78 is 5.06. The van der Waals surface area contributed by atoms with Crippen LogP contribution in [-0.2, 0) is 0 Å². The van der Waals surface area contributed by atoms with Crippen LogP contribution in [0.1, 0.15) is 5.56 Å². The maximum atomic E-state index is 12.0. The van der Waals surface area contributed by atoms with Gasteiger partial charge in [-0.1, -0.05) is 18.2 Å². The number of nitro benzene ring substituents is 1. The second-order valence-electron chi connectivity index (χ2n) is 4.54. The second-order valence-corrected chi connectivity index (χ2v) is 4.54. The topological polar surface area (TPSA) is 93.5 Å². The van der Waals surface area contributed by atoms with Crippen LogP contribution < -0.4 is 15.4 Å². The molecule has 0 fully saturated rings. The Hall–Kier alpha value is -3.09. The second kappa shape index (κ2) is 6.57. The van der Waals surface area contributed by atoms with E-state index < -0.39 is 11.0 Å². The highest BCUT2D eigenvalue weighted by Gasteiger charge is 2.13. The van der Waals surface area contributed by atoms with Gasteiger partial charge in [-0.15, -0.1) is 0 Å². The van der Waals surface area contributed by atoms with Crippen molar-refractivity contribution in [2.24, 2.45) is 0 Å². The zero-order chi connectivity index (χ0) is 16.1. The summed E-state index contributed by atoms with van der Waals surface area (Å²) in [4.78, 5) is 22.2. The van der Waals surface area contributed by atoms with Crippen LogP contribution in [0.5, 0.6) is 5.75 Å². The van der Waals surface area contributed by atoms with Gasteiger partial charge in [-0.05, 0) is 24.6 Å². The molecule has 2 N–H and O–H groups in total. The zero-order valence-electron chi connectivity index (χ0n) is 12.1. The lowest BCUT2D eigenvalue weighted by Crippen LogP contribution is -2.20. The molecule has 0 atom stereocenters. The molecule has 0 aliphatic carbocycles. The molecule has 0 aromatic heterocycles. The van der Waals surface area contributed by atoms with E-state index in [1.165, 1.54) is 25.3 Å². The molecule has 0 heterocycles. The first kappa shape index (κ1) is 15.3. The van der Waals surface area contributed by atoms with Crippen LogP contribution in [0.3, 0.4) is 0 Å². The first-order chi connectivity index (χ1) is 10.5. The molecule has 0 radical (unpaired) electrons. The lowest BCUT2D eigenvalue weighted by molar-refractivity contribution is -0.384. The number of non-ortho nitro benzene ring substituents is 1. The number of carbonyl (C=O) groups excluding carboxylic acids is 1. The Kier molecular flexibility index (Phi) is 4.57. The number of hydrogen-bond donors (Lipinski definition) is 2. The lowest BCUT2D eigenvalue weighted by Gasteiger charge is -2.12. The minimum absolute atomic E-state index is 0.110. The summed E-state index contributed by atoms with van der Waals surface area (Å²) in [6.45, 7) is 1.88. The van der Waals surface area contributed by atoms with E-state index in [1.54, 1.807) is 6.07 Å². The number of benzene rings is 2. The quantitative estimate of drug-likeness (QED) is 0.667. The molecule has 0 bridgehead atoms. The van der Waals surface area contributed by atoms with Crippen LogP contribution in [0.2, 0.25) is 0 Å². The Morgan fingerprint density at radius 3 is 2.45 bits per heavy atom. The summed E-state index contributed by atoms with van der Waals surface area (Å²) >= 11 is 0. The van der Waals surface area contributed by atoms with E-state index in [2.05, 4.69) is 10.6 Å². The minimum atomic E-state index is -0.528. The molecule has 7 nitrogen and oxygen atoms in total. The van der Waals surface area contributed by atoms with E-state index >= 15 is 0 Å². The van der Waals surface area contributed by atoms with Crippen molar-refractivity contribution < 1.29 is 14.5 Å². The predicted molar refractivity (Wildman–Crippen MR) is 83.5 cm³/mol. The minimum Gasteiger partial charge on any atom is -0.494 e. The molecule has 0 aliphatic rings. The van der Waals surface area contributed by atoms with Crippen molar-refractivity contribution in [3.8, 4) is 5.75 Å². The van der Waals surface area contributed by atoms with Gasteiger partial charge >= 0.3 is 6.03 Å². The van der Waals surface area contributed by atoms with Gasteiger partial charge in [0.05, 0.1) is 23.8 Å². The molecule has 2 aromatic carbocycles. The van der Waals surface area contributed by atoms with Gasteiger partial charge in [0.25, 0.3) is 5.69 Å². The van der Waals surface area contributed by atoms with Crippen LogP contribution in [0.15, 0.2) is 42.5 Å². The molecule has 114 valence electrons. The van der Waals surface area contributed by atoms with Crippen LogP contribution in [-0.4, -0.2) is 18.1 Å². The first-order valence-electron chi connectivity index (χ1n) is 6.47. The fourth-order valence-corrected chi connectivity index (χ4v) is 1.89. The van der Waals surface area contributed by atoms with Gasteiger partial charge in [-0.2, -0.15) is 0 Å². The van der Waals surface area contributed by atoms with Crippen molar-refractivity contribution in [3.63, 3.8) is 0 Å². The number of anilines is 2. The van der Waals surface area contributed by atoms with Gasteiger partial charge in [0, 0.05) is 11.8 Å². The number of carbonyl (C=O) groups is 1. The fourth-order valence-electron chi connectivity index (χ4n) is 1.89. The molecule has 0 saturated heterocycles. The summed E-state index contributed by atoms with van der Waals surface area (Å²) in [7, 11) is 1.38. The maximum absolute atomic E-state index is 12.0. The van der Waals surface area contributed by atoms with E-state index in [1.807, 2.05) is 25.1 Å². The Labute approximate surface area is 127 Å². The van der Waals surface area contributed by atoms with Crippen molar-refractivity contribution in [2.45, 2.75) is 6.92 Å². The Morgan fingerprint density at radius 1 is 1.14 bits per heavy atom. The van der Waals surface area contributed by atoms with E-state index in [9.17, 15) is 14.9 Å². The zero-order valence-corrected chi connectivity index (χ0v) is 12.1. The van der Waals surface area contributed by atoms with E-state index in [4.69, 9.17) is 4.74 Å². The van der Waals surface area contributed by atoms with Gasteiger partial charge < -0.3 is 15.4 Å². The Morgan fingerprint density at radius 2 is 1.82 bits per heavy atom. The third-order valence-electron chi connectivity index (χ3n) is 3.04. The predicted octanol–water partition coefficient (Wildman–Crippen LogP) is 3.56. The molecule has 2 rings (SSSR count). The van der Waals surface area contributed by atoms with Gasteiger partial charge in [0.15, 0.2) is 0 Å². The summed E-state index contributed by atoms with van der Waals surface area (Å²) in [5, 5.41) is 16.0. The lowest BCUT2D eigenvalue weighted by atomic mass is 10.2. The number of nitrogens with zero attached hydrogens (tertiary/aromatic N) is 1. The van der Waals surface area contributed by atoms with Crippen LogP contribution >= 0.6 is 0 Å². The van der Waals surface area contributed by atoms with E-state index in [-0.39, 0.29) is 11.4 Å². The van der Waals surface area contributed by atoms with Crippen molar-refractivity contribution in [1.82, 2.24) is 0 Å². The molecule has 2 amide bonds. The van der Waals surface area contributed by atoms with Crippen molar-refractivity contribution in [1.29, 1.82) is 0 Å². The summed E-state index contributed by atoms with van der Waals surface area (Å²) in [6, 6.07) is 10.9. The highest BCUT2D eigenvalue weighted by molar-refractivity contribution is 6.01. The summed E-state index contributed by atoms with van der Waals surface area (Å²) in [6.07, 6.45) is 0. The van der Waals surface area contributed by atoms with E-state index in [0.29, 0.717) is 11.4 Å². The standard InChI is InChI=1S/C15H15N3O4/c1-10-5-3-4-6-12(10)16-15(19)17-13-8-7-11(18(20)21)9-14(13)22-2/h3-9H,1-2H3,(H2,16,17,19). The molecule has 0 spiro atoms. The number of hydrogen-bond acceptors (Lipinski definition) is 4. The Bertz CT molecular complexity index is 716. The van der Waals surface area contributed by atoms with Gasteiger partial charge in [-0.25, -0.2) is 4.79 Å². The number of nitrogens with one attached hydrogen (secondary N) is 2. The van der Waals surface area contributed by atoms with Gasteiger partial charge in [-0.3, -0.25) is 10.1 Å². The fraction of sp³-hybridized carbons (Fsp3) is 0.133. The molecule has 2 aromatic rings. The number of urea groups is 1. The monoisotopic (exact) mass is 301 g/mol. The van der Waals surface area contributed by atoms with Crippen molar-refractivity contribution in [3.05, 3.63) is 58.1 Å². The van der Waals surface area contributed by atoms with Gasteiger partial charge in [0.2, 0.25) is 0 Å². The third kappa shape index (κ3) is 3.51. The Balaban J connectivity index is 2.15. The number of ether oxygens (including phenoxy) is 1. The maximum Gasteiger partial charge on any atom is 0.323 e. The SMILES string of the molecule is COc1cc([N+](=O)[O-])ccc1NC(=O)Nc1ccccc1C. The largest absolute Gasteiger partial charge is 0.494 e. The number of aryl methyl sites for hydroxylation is 1. The first-order valence-corrected chi connectivity index (χ1v) is 6.47. The average molecular weight is 301 g/mol. The smallest absolute Gasteiger partial charge is 0.323 e. The molecule has 7 heteroatoms. The van der Waals surface area contributed by atoms with Crippen LogP contribution in [0.4, 0.5) is 21.9 Å². The number of para-hydroxylation sites is 1. The van der Waals surface area contributed by atoms with Crippen molar-refractivity contribution >= 4 is 23.1 Å². The molecule has 0 unspecified atom stereocenters. The summed E-state index contributed by atoms with van der Waals surface area (Å²) in [5.74, 6) is 0.217. The molecular formula is C15H15N3O4. The van der Waals surface area contributed by atoms with E-state index in [0.717, 1.165) is 5.56 Å². The highest BCUT2D eigenvalue weighted by Crippen LogP contribution is 2.29. The number of nitro groups is 1. The third-order valence-corrected chi connectivity index (χ3v) is 3.04. The van der Waals surface area contributed by atoms with Crippen molar-refractivity contribution in [2.75, 3.05) is 17.7 Å². The normalized spacial score (nSPS) is 9.91. The number of amides is 2. The summed E-state index contributed by atoms with van der Waals surface area (Å²) in [5.41, 5.74) is 1.84. The molecule has 0 saturated carbocycles. The average Bonchev–Trinajstić information content (AvgIpc) is 2.49. The highest BCUT2D eigenvalue weighted by atomic mass is 16.6. The number of rotatable bonds is 4. The molecule has 0 aliphatic heterocycles.